The van der Waals surface area contributed by atoms with Gasteiger partial charge in [0.25, 0.3) is 11.6 Å². The molecule has 3 rings (SSSR count). The summed E-state index contributed by atoms with van der Waals surface area (Å²) in [5.74, 6) is -0.0669. The van der Waals surface area contributed by atoms with Crippen LogP contribution in [0, 0.1) is 10.1 Å². The van der Waals surface area contributed by atoms with Gasteiger partial charge in [0.1, 0.15) is 10.7 Å². The lowest BCUT2D eigenvalue weighted by atomic mass is 10.2. The third-order valence-corrected chi connectivity index (χ3v) is 4.60. The highest BCUT2D eigenvalue weighted by Crippen LogP contribution is 2.26. The highest BCUT2D eigenvalue weighted by molar-refractivity contribution is 7.13. The first-order valence-corrected chi connectivity index (χ1v) is 8.15. The number of halogens is 1. The molecule has 0 radical (unpaired) electrons. The van der Waals surface area contributed by atoms with E-state index in [1.54, 1.807) is 22.4 Å². The minimum Gasteiger partial charge on any atom is -0.334 e. The van der Waals surface area contributed by atoms with Gasteiger partial charge in [0.05, 0.1) is 4.92 Å². The predicted octanol–water partition coefficient (Wildman–Crippen LogP) is 2.57. The summed E-state index contributed by atoms with van der Waals surface area (Å²) in [7, 11) is 0. The molecule has 7 nitrogen and oxygen atoms in total. The minimum absolute atomic E-state index is 0. The number of nitro groups is 1. The van der Waals surface area contributed by atoms with E-state index < -0.39 is 4.92 Å². The molecule has 1 unspecified atom stereocenters. The maximum atomic E-state index is 12.5. The number of amides is 1. The molecule has 0 aliphatic carbocycles. The van der Waals surface area contributed by atoms with Crippen molar-refractivity contribution in [1.82, 2.24) is 15.2 Å². The molecule has 2 heterocycles. The average Bonchev–Trinajstić information content (AvgIpc) is 3.04. The number of nitrogens with one attached hydrogen (secondary N) is 1. The minimum atomic E-state index is -0.438. The van der Waals surface area contributed by atoms with Crippen LogP contribution < -0.4 is 5.32 Å². The molecule has 0 spiro atoms. The number of thiazole rings is 1. The molecule has 1 N–H and O–H groups in total. The number of non-ortho nitro benzene ring substituents is 1. The highest BCUT2D eigenvalue weighted by atomic mass is 35.5. The molecule has 2 aromatic rings. The van der Waals surface area contributed by atoms with Gasteiger partial charge in [-0.05, 0) is 19.1 Å². The van der Waals surface area contributed by atoms with Crippen LogP contribution in [0.5, 0.6) is 0 Å². The number of carbonyl (C=O) groups is 1. The van der Waals surface area contributed by atoms with Crippen LogP contribution >= 0.6 is 23.7 Å². The lowest BCUT2D eigenvalue weighted by Gasteiger charge is -2.31. The number of piperazine rings is 1. The first kappa shape index (κ1) is 18.3. The van der Waals surface area contributed by atoms with E-state index in [2.05, 4.69) is 10.3 Å². The van der Waals surface area contributed by atoms with Crippen LogP contribution in [0.3, 0.4) is 0 Å². The number of hydrogen-bond acceptors (Lipinski definition) is 6. The molecule has 1 amide bonds. The molecule has 1 fully saturated rings. The molecular weight excluding hydrogens is 352 g/mol. The van der Waals surface area contributed by atoms with E-state index in [0.29, 0.717) is 23.8 Å². The van der Waals surface area contributed by atoms with Crippen molar-refractivity contribution in [3.8, 4) is 10.6 Å². The standard InChI is InChI=1S/C15H16N4O3S.ClH/c1-10-8-18(7-6-16-10)15(20)13-9-23-14(17-13)11-2-4-12(5-3-11)19(21)22;/h2-5,9-10,16H,6-8H2,1H3;1H. The van der Waals surface area contributed by atoms with Gasteiger partial charge < -0.3 is 10.2 Å². The normalized spacial score (nSPS) is 17.2. The van der Waals surface area contributed by atoms with Crippen LogP contribution in [0.4, 0.5) is 5.69 Å². The summed E-state index contributed by atoms with van der Waals surface area (Å²) in [6, 6.07) is 6.46. The lowest BCUT2D eigenvalue weighted by molar-refractivity contribution is -0.384. The monoisotopic (exact) mass is 368 g/mol. The zero-order valence-electron chi connectivity index (χ0n) is 13.0. The molecule has 1 aliphatic heterocycles. The fourth-order valence-corrected chi connectivity index (χ4v) is 3.31. The Labute approximate surface area is 149 Å². The number of aromatic nitrogens is 1. The molecule has 128 valence electrons. The Hall–Kier alpha value is -2.03. The van der Waals surface area contributed by atoms with E-state index in [1.165, 1.54) is 23.5 Å². The van der Waals surface area contributed by atoms with E-state index >= 15 is 0 Å². The van der Waals surface area contributed by atoms with E-state index in [4.69, 9.17) is 0 Å². The second-order valence-electron chi connectivity index (χ2n) is 5.45. The molecule has 0 bridgehead atoms. The molecule has 24 heavy (non-hydrogen) atoms. The molecule has 0 saturated carbocycles. The average molecular weight is 369 g/mol. The lowest BCUT2D eigenvalue weighted by Crippen LogP contribution is -2.51. The molecule has 9 heteroatoms. The Morgan fingerprint density at radius 2 is 2.12 bits per heavy atom. The summed E-state index contributed by atoms with van der Waals surface area (Å²) < 4.78 is 0. The van der Waals surface area contributed by atoms with Crippen molar-refractivity contribution < 1.29 is 9.72 Å². The summed E-state index contributed by atoms with van der Waals surface area (Å²) in [6.45, 7) is 4.17. The largest absolute Gasteiger partial charge is 0.334 e. The fourth-order valence-electron chi connectivity index (χ4n) is 2.51. The zero-order valence-corrected chi connectivity index (χ0v) is 14.6. The van der Waals surface area contributed by atoms with Gasteiger partial charge in [0.15, 0.2) is 0 Å². The van der Waals surface area contributed by atoms with E-state index in [-0.39, 0.29) is 30.0 Å². The SMILES string of the molecule is CC1CN(C(=O)c2csc(-c3ccc([N+](=O)[O-])cc3)n2)CCN1.Cl. The van der Waals surface area contributed by atoms with E-state index in [9.17, 15) is 14.9 Å². The van der Waals surface area contributed by atoms with Gasteiger partial charge in [-0.1, -0.05) is 0 Å². The van der Waals surface area contributed by atoms with Crippen molar-refractivity contribution in [3.05, 3.63) is 45.5 Å². The number of carbonyl (C=O) groups excluding carboxylic acids is 1. The second-order valence-corrected chi connectivity index (χ2v) is 6.31. The number of benzene rings is 1. The Bertz CT molecular complexity index is 735. The smallest absolute Gasteiger partial charge is 0.273 e. The Balaban J connectivity index is 0.00000208. The van der Waals surface area contributed by atoms with Crippen molar-refractivity contribution >= 4 is 35.3 Å². The van der Waals surface area contributed by atoms with Crippen molar-refractivity contribution in [3.63, 3.8) is 0 Å². The number of nitro benzene ring substituents is 1. The van der Waals surface area contributed by atoms with Gasteiger partial charge in [-0.2, -0.15) is 0 Å². The van der Waals surface area contributed by atoms with Gasteiger partial charge in [-0.25, -0.2) is 4.98 Å². The number of rotatable bonds is 3. The molecule has 1 atom stereocenters. The zero-order chi connectivity index (χ0) is 16.4. The summed E-state index contributed by atoms with van der Waals surface area (Å²) in [4.78, 5) is 28.9. The van der Waals surface area contributed by atoms with Gasteiger partial charge >= 0.3 is 0 Å². The second kappa shape index (κ2) is 7.69. The van der Waals surface area contributed by atoms with E-state index in [1.807, 2.05) is 6.92 Å². The molecule has 1 aromatic heterocycles. The molecular formula is C15H17ClN4O3S. The first-order valence-electron chi connectivity index (χ1n) is 7.27. The first-order chi connectivity index (χ1) is 11.0. The highest BCUT2D eigenvalue weighted by Gasteiger charge is 2.23. The quantitative estimate of drug-likeness (QED) is 0.664. The third kappa shape index (κ3) is 3.89. The van der Waals surface area contributed by atoms with E-state index in [0.717, 1.165) is 12.1 Å². The fraction of sp³-hybridized carbons (Fsp3) is 0.333. The Morgan fingerprint density at radius 3 is 2.75 bits per heavy atom. The number of nitrogens with zero attached hydrogens (tertiary/aromatic N) is 3. The maximum absolute atomic E-state index is 12.5. The van der Waals surface area contributed by atoms with Crippen molar-refractivity contribution in [2.45, 2.75) is 13.0 Å². The van der Waals surface area contributed by atoms with Crippen LogP contribution in [0.25, 0.3) is 10.6 Å². The molecule has 1 saturated heterocycles. The molecule has 1 aliphatic rings. The van der Waals surface area contributed by atoms with Crippen molar-refractivity contribution in [2.75, 3.05) is 19.6 Å². The van der Waals surface area contributed by atoms with Crippen LogP contribution in [0.2, 0.25) is 0 Å². The van der Waals surface area contributed by atoms with Crippen LogP contribution in [0.15, 0.2) is 29.6 Å². The van der Waals surface area contributed by atoms with Gasteiger partial charge in [0, 0.05) is 48.8 Å². The Morgan fingerprint density at radius 1 is 1.42 bits per heavy atom. The Kier molecular flexibility index (Phi) is 5.87. The topological polar surface area (TPSA) is 88.4 Å². The number of hydrogen-bond donors (Lipinski definition) is 1. The third-order valence-electron chi connectivity index (χ3n) is 3.70. The maximum Gasteiger partial charge on any atom is 0.273 e. The predicted molar refractivity (Wildman–Crippen MR) is 94.8 cm³/mol. The van der Waals surface area contributed by atoms with Gasteiger partial charge in [-0.15, -0.1) is 23.7 Å². The van der Waals surface area contributed by atoms with Crippen LogP contribution in [-0.2, 0) is 0 Å². The van der Waals surface area contributed by atoms with Crippen molar-refractivity contribution in [1.29, 1.82) is 0 Å². The van der Waals surface area contributed by atoms with Gasteiger partial charge in [-0.3, -0.25) is 14.9 Å². The summed E-state index contributed by atoms with van der Waals surface area (Å²) >= 11 is 1.37. The summed E-state index contributed by atoms with van der Waals surface area (Å²) in [5, 5.41) is 16.4. The summed E-state index contributed by atoms with van der Waals surface area (Å²) in [5.41, 5.74) is 1.24. The van der Waals surface area contributed by atoms with Crippen LogP contribution in [-0.4, -0.2) is 46.4 Å². The summed E-state index contributed by atoms with van der Waals surface area (Å²) in [6.07, 6.45) is 0. The van der Waals surface area contributed by atoms with Crippen LogP contribution in [0.1, 0.15) is 17.4 Å². The van der Waals surface area contributed by atoms with Crippen molar-refractivity contribution in [2.24, 2.45) is 0 Å². The van der Waals surface area contributed by atoms with Gasteiger partial charge in [0.2, 0.25) is 0 Å². The molecule has 1 aromatic carbocycles.